The molecule has 0 N–H and O–H groups in total. The van der Waals surface area contributed by atoms with Crippen LogP contribution in [0.5, 0.6) is 0 Å². The zero-order chi connectivity index (χ0) is 12.0. The number of hydrogen-bond donors (Lipinski definition) is 0. The van der Waals surface area contributed by atoms with Gasteiger partial charge in [-0.05, 0) is 31.9 Å². The van der Waals surface area contributed by atoms with E-state index in [2.05, 4.69) is 6.92 Å². The average molecular weight is 240 g/mol. The Hall–Kier alpha value is -0.590. The van der Waals surface area contributed by atoms with E-state index in [-0.39, 0.29) is 0 Å². The molecule has 0 bridgehead atoms. The first kappa shape index (κ1) is 13.5. The normalized spacial score (nSPS) is 14.7. The zero-order valence-corrected chi connectivity index (χ0v) is 11.3. The smallest absolute Gasteiger partial charge is 0.232 e. The summed E-state index contributed by atoms with van der Waals surface area (Å²) < 4.78 is 18.3. The quantitative estimate of drug-likeness (QED) is 0.708. The van der Waals surface area contributed by atoms with Crippen molar-refractivity contribution in [3.8, 4) is 0 Å². The lowest BCUT2D eigenvalue weighted by Crippen LogP contribution is -2.13. The molecular weight excluding hydrogens is 219 g/mol. The Balaban J connectivity index is 3.01. The molecule has 0 amide bonds. The van der Waals surface area contributed by atoms with Gasteiger partial charge in [-0.3, -0.25) is 4.57 Å². The highest BCUT2D eigenvalue weighted by molar-refractivity contribution is 7.67. The molecule has 0 aromatic heterocycles. The van der Waals surface area contributed by atoms with Crippen molar-refractivity contribution in [2.24, 2.45) is 0 Å². The van der Waals surface area contributed by atoms with Crippen LogP contribution >= 0.6 is 7.37 Å². The summed E-state index contributed by atoms with van der Waals surface area (Å²) >= 11 is 0. The number of rotatable bonds is 6. The first-order valence-corrected chi connectivity index (χ1v) is 7.75. The Morgan fingerprint density at radius 2 is 1.94 bits per heavy atom. The monoisotopic (exact) mass is 240 g/mol. The topological polar surface area (TPSA) is 26.3 Å². The van der Waals surface area contributed by atoms with Crippen molar-refractivity contribution in [3.63, 3.8) is 0 Å². The lowest BCUT2D eigenvalue weighted by atomic mass is 10.2. The van der Waals surface area contributed by atoms with Crippen LogP contribution < -0.4 is 5.30 Å². The molecule has 1 unspecified atom stereocenters. The molecule has 0 saturated heterocycles. The van der Waals surface area contributed by atoms with Crippen LogP contribution in [0.2, 0.25) is 0 Å². The molecule has 0 saturated carbocycles. The van der Waals surface area contributed by atoms with Gasteiger partial charge in [0.15, 0.2) is 0 Å². The Labute approximate surface area is 98.5 Å². The van der Waals surface area contributed by atoms with Gasteiger partial charge in [0.1, 0.15) is 0 Å². The van der Waals surface area contributed by atoms with Crippen LogP contribution in [0.3, 0.4) is 0 Å². The predicted octanol–water partition coefficient (Wildman–Crippen LogP) is 3.74. The highest BCUT2D eigenvalue weighted by Crippen LogP contribution is 2.47. The van der Waals surface area contributed by atoms with Gasteiger partial charge < -0.3 is 4.52 Å². The standard InChI is InChI=1S/C13H21O2P/c1-4-6-11-16(14,15-5-2)13-10-8-7-9-12(13)3/h7-10H,4-6,11H2,1-3H3. The Morgan fingerprint density at radius 1 is 1.25 bits per heavy atom. The van der Waals surface area contributed by atoms with Crippen LogP contribution in [0, 0.1) is 6.92 Å². The van der Waals surface area contributed by atoms with Crippen LogP contribution in [0.15, 0.2) is 24.3 Å². The Morgan fingerprint density at radius 3 is 2.50 bits per heavy atom. The van der Waals surface area contributed by atoms with Gasteiger partial charge in [-0.25, -0.2) is 0 Å². The molecular formula is C13H21O2P. The Bertz CT molecular complexity index is 374. The fourth-order valence-corrected chi connectivity index (χ4v) is 4.36. The maximum Gasteiger partial charge on any atom is 0.232 e. The summed E-state index contributed by atoms with van der Waals surface area (Å²) in [5, 5.41) is 0.894. The van der Waals surface area contributed by atoms with E-state index in [0.29, 0.717) is 12.8 Å². The van der Waals surface area contributed by atoms with Crippen molar-refractivity contribution in [1.82, 2.24) is 0 Å². The molecule has 0 aliphatic carbocycles. The molecule has 1 atom stereocenters. The molecule has 1 rings (SSSR count). The van der Waals surface area contributed by atoms with E-state index in [4.69, 9.17) is 4.52 Å². The van der Waals surface area contributed by atoms with Crippen molar-refractivity contribution < 1.29 is 9.09 Å². The van der Waals surface area contributed by atoms with Crippen LogP contribution in [-0.4, -0.2) is 12.8 Å². The van der Waals surface area contributed by atoms with Crippen molar-refractivity contribution in [2.75, 3.05) is 12.8 Å². The van der Waals surface area contributed by atoms with Gasteiger partial charge in [0, 0.05) is 11.5 Å². The van der Waals surface area contributed by atoms with Crippen LogP contribution in [0.4, 0.5) is 0 Å². The van der Waals surface area contributed by atoms with Crippen molar-refractivity contribution in [2.45, 2.75) is 33.6 Å². The first-order valence-electron chi connectivity index (χ1n) is 5.94. The summed E-state index contributed by atoms with van der Waals surface area (Å²) in [5.41, 5.74) is 1.07. The van der Waals surface area contributed by atoms with Gasteiger partial charge in [0.05, 0.1) is 6.61 Å². The second-order valence-electron chi connectivity index (χ2n) is 3.95. The minimum Gasteiger partial charge on any atom is -0.326 e. The fourth-order valence-electron chi connectivity index (χ4n) is 1.78. The largest absolute Gasteiger partial charge is 0.326 e. The molecule has 0 fully saturated rings. The average Bonchev–Trinajstić information content (AvgIpc) is 2.27. The third-order valence-electron chi connectivity index (χ3n) is 2.63. The minimum absolute atomic E-state index is 0.509. The van der Waals surface area contributed by atoms with E-state index in [1.807, 2.05) is 38.1 Å². The highest BCUT2D eigenvalue weighted by Gasteiger charge is 2.25. The Kier molecular flexibility index (Phi) is 5.24. The summed E-state index contributed by atoms with van der Waals surface area (Å²) in [6.07, 6.45) is 2.65. The maximum absolute atomic E-state index is 12.8. The third-order valence-corrected chi connectivity index (χ3v) is 5.44. The van der Waals surface area contributed by atoms with Crippen molar-refractivity contribution >= 4 is 12.7 Å². The van der Waals surface area contributed by atoms with E-state index < -0.39 is 7.37 Å². The molecule has 0 aliphatic rings. The van der Waals surface area contributed by atoms with E-state index in [1.54, 1.807) is 0 Å². The number of benzene rings is 1. The molecule has 0 radical (unpaired) electrons. The molecule has 0 heterocycles. The van der Waals surface area contributed by atoms with Gasteiger partial charge in [-0.15, -0.1) is 0 Å². The summed E-state index contributed by atoms with van der Waals surface area (Å²) in [6.45, 7) is 6.51. The summed E-state index contributed by atoms with van der Waals surface area (Å²) in [5.74, 6) is 0. The lowest BCUT2D eigenvalue weighted by molar-refractivity contribution is 0.340. The summed E-state index contributed by atoms with van der Waals surface area (Å²) in [7, 11) is -2.63. The molecule has 3 heteroatoms. The molecule has 16 heavy (non-hydrogen) atoms. The molecule has 90 valence electrons. The minimum atomic E-state index is -2.63. The predicted molar refractivity (Wildman–Crippen MR) is 69.8 cm³/mol. The molecule has 2 nitrogen and oxygen atoms in total. The lowest BCUT2D eigenvalue weighted by Gasteiger charge is -2.19. The van der Waals surface area contributed by atoms with Crippen LogP contribution in [0.1, 0.15) is 32.3 Å². The van der Waals surface area contributed by atoms with E-state index in [0.717, 1.165) is 23.7 Å². The first-order chi connectivity index (χ1) is 7.64. The second kappa shape index (κ2) is 6.22. The molecule has 0 spiro atoms. The second-order valence-corrected chi connectivity index (χ2v) is 6.49. The molecule has 1 aromatic carbocycles. The van der Waals surface area contributed by atoms with Gasteiger partial charge in [-0.2, -0.15) is 0 Å². The number of hydrogen-bond acceptors (Lipinski definition) is 2. The van der Waals surface area contributed by atoms with E-state index >= 15 is 0 Å². The van der Waals surface area contributed by atoms with Gasteiger partial charge >= 0.3 is 0 Å². The summed E-state index contributed by atoms with van der Waals surface area (Å²) in [4.78, 5) is 0. The van der Waals surface area contributed by atoms with Crippen LogP contribution in [0.25, 0.3) is 0 Å². The third kappa shape index (κ3) is 3.20. The summed E-state index contributed by atoms with van der Waals surface area (Å²) in [6, 6.07) is 7.82. The maximum atomic E-state index is 12.8. The van der Waals surface area contributed by atoms with Crippen molar-refractivity contribution in [3.05, 3.63) is 29.8 Å². The van der Waals surface area contributed by atoms with Crippen molar-refractivity contribution in [1.29, 1.82) is 0 Å². The number of unbranched alkanes of at least 4 members (excludes halogenated alkanes) is 1. The van der Waals surface area contributed by atoms with Crippen LogP contribution in [-0.2, 0) is 9.09 Å². The zero-order valence-electron chi connectivity index (χ0n) is 10.4. The highest BCUT2D eigenvalue weighted by atomic mass is 31.2. The van der Waals surface area contributed by atoms with Gasteiger partial charge in [0.25, 0.3) is 0 Å². The SMILES string of the molecule is CCCCP(=O)(OCC)c1ccccc1C. The molecule has 1 aromatic rings. The number of aryl methyl sites for hydroxylation is 1. The fraction of sp³-hybridized carbons (Fsp3) is 0.538. The van der Waals surface area contributed by atoms with Gasteiger partial charge in [-0.1, -0.05) is 31.5 Å². The van der Waals surface area contributed by atoms with E-state index in [9.17, 15) is 4.57 Å². The van der Waals surface area contributed by atoms with E-state index in [1.165, 1.54) is 0 Å². The molecule has 0 aliphatic heterocycles. The van der Waals surface area contributed by atoms with Gasteiger partial charge in [0.2, 0.25) is 7.37 Å².